The predicted molar refractivity (Wildman–Crippen MR) is 79.3 cm³/mol. The molecule has 1 atom stereocenters. The van der Waals surface area contributed by atoms with E-state index in [2.05, 4.69) is 21.8 Å². The summed E-state index contributed by atoms with van der Waals surface area (Å²) >= 11 is 0. The molecule has 0 aromatic carbocycles. The number of amides is 1. The minimum absolute atomic E-state index is 0.106. The van der Waals surface area contributed by atoms with Crippen molar-refractivity contribution in [3.8, 4) is 6.07 Å². The molecule has 0 bridgehead atoms. The summed E-state index contributed by atoms with van der Waals surface area (Å²) in [5.41, 5.74) is -0.651. The van der Waals surface area contributed by atoms with Gasteiger partial charge in [0, 0.05) is 18.4 Å². The van der Waals surface area contributed by atoms with Crippen molar-refractivity contribution >= 4 is 5.91 Å². The fraction of sp³-hybridized carbons (Fsp3) is 0.667. The second kappa shape index (κ2) is 7.23. The SMILES string of the molecule is C[C@@H](Cn1cccn1)NCC(=O)NC1(C#N)CCCCC1. The topological polar surface area (TPSA) is 82.7 Å². The number of hydrogen-bond donors (Lipinski definition) is 2. The molecule has 114 valence electrons. The third-order valence-electron chi connectivity index (χ3n) is 3.93. The molecule has 2 rings (SSSR count). The van der Waals surface area contributed by atoms with Crippen LogP contribution in [0.5, 0.6) is 0 Å². The van der Waals surface area contributed by atoms with E-state index in [0.717, 1.165) is 32.1 Å². The van der Waals surface area contributed by atoms with E-state index < -0.39 is 5.54 Å². The van der Waals surface area contributed by atoms with Crippen molar-refractivity contribution in [2.75, 3.05) is 6.54 Å². The Labute approximate surface area is 125 Å². The van der Waals surface area contributed by atoms with Gasteiger partial charge in [-0.2, -0.15) is 10.4 Å². The molecule has 0 spiro atoms. The van der Waals surface area contributed by atoms with Crippen LogP contribution in [0.1, 0.15) is 39.0 Å². The van der Waals surface area contributed by atoms with E-state index in [1.807, 2.05) is 23.9 Å². The van der Waals surface area contributed by atoms with Crippen LogP contribution in [-0.2, 0) is 11.3 Å². The van der Waals surface area contributed by atoms with E-state index in [1.165, 1.54) is 0 Å². The number of hydrogen-bond acceptors (Lipinski definition) is 4. The number of carbonyl (C=O) groups is 1. The molecule has 1 aromatic heterocycles. The maximum Gasteiger partial charge on any atom is 0.235 e. The van der Waals surface area contributed by atoms with Gasteiger partial charge in [0.1, 0.15) is 5.54 Å². The normalized spacial score (nSPS) is 18.7. The number of nitrogens with zero attached hydrogens (tertiary/aromatic N) is 3. The van der Waals surface area contributed by atoms with Gasteiger partial charge in [0.05, 0.1) is 19.2 Å². The number of nitriles is 1. The summed E-state index contributed by atoms with van der Waals surface area (Å²) in [5.74, 6) is -0.106. The Morgan fingerprint density at radius 1 is 1.48 bits per heavy atom. The van der Waals surface area contributed by atoms with Crippen LogP contribution in [0, 0.1) is 11.3 Å². The number of rotatable bonds is 6. The average molecular weight is 289 g/mol. The van der Waals surface area contributed by atoms with Gasteiger partial charge in [-0.1, -0.05) is 19.3 Å². The van der Waals surface area contributed by atoms with E-state index in [1.54, 1.807) is 6.20 Å². The van der Waals surface area contributed by atoms with Crippen molar-refractivity contribution in [2.24, 2.45) is 0 Å². The lowest BCUT2D eigenvalue weighted by Gasteiger charge is -2.31. The van der Waals surface area contributed by atoms with Crippen molar-refractivity contribution in [1.82, 2.24) is 20.4 Å². The first-order chi connectivity index (χ1) is 10.1. The number of nitrogens with one attached hydrogen (secondary N) is 2. The van der Waals surface area contributed by atoms with Gasteiger partial charge in [-0.15, -0.1) is 0 Å². The highest BCUT2D eigenvalue weighted by Gasteiger charge is 2.33. The van der Waals surface area contributed by atoms with Crippen LogP contribution in [0.25, 0.3) is 0 Å². The van der Waals surface area contributed by atoms with Crippen molar-refractivity contribution in [2.45, 2.75) is 57.2 Å². The molecule has 6 heteroatoms. The molecule has 1 amide bonds. The fourth-order valence-electron chi connectivity index (χ4n) is 2.75. The zero-order chi connectivity index (χ0) is 15.1. The minimum atomic E-state index is -0.651. The highest BCUT2D eigenvalue weighted by Crippen LogP contribution is 2.27. The summed E-state index contributed by atoms with van der Waals surface area (Å²) in [6.45, 7) is 2.95. The van der Waals surface area contributed by atoms with Gasteiger partial charge in [0.15, 0.2) is 0 Å². The van der Waals surface area contributed by atoms with E-state index >= 15 is 0 Å². The Bertz CT molecular complexity index is 485. The molecule has 1 aromatic rings. The predicted octanol–water partition coefficient (Wildman–Crippen LogP) is 1.20. The second-order valence-electron chi connectivity index (χ2n) is 5.81. The quantitative estimate of drug-likeness (QED) is 0.824. The third kappa shape index (κ3) is 4.57. The summed E-state index contributed by atoms with van der Waals surface area (Å²) in [4.78, 5) is 12.0. The molecule has 21 heavy (non-hydrogen) atoms. The molecule has 6 nitrogen and oxygen atoms in total. The lowest BCUT2D eigenvalue weighted by molar-refractivity contribution is -0.122. The smallest absolute Gasteiger partial charge is 0.235 e. The van der Waals surface area contributed by atoms with E-state index in [0.29, 0.717) is 6.54 Å². The van der Waals surface area contributed by atoms with E-state index in [9.17, 15) is 10.1 Å². The lowest BCUT2D eigenvalue weighted by Crippen LogP contribution is -2.52. The average Bonchev–Trinajstić information content (AvgIpc) is 2.99. The van der Waals surface area contributed by atoms with Crippen LogP contribution in [0.15, 0.2) is 18.5 Å². The van der Waals surface area contributed by atoms with Crippen molar-refractivity contribution < 1.29 is 4.79 Å². The van der Waals surface area contributed by atoms with Gasteiger partial charge in [-0.3, -0.25) is 9.48 Å². The summed E-state index contributed by atoms with van der Waals surface area (Å²) in [6.07, 6.45) is 8.33. The van der Waals surface area contributed by atoms with Crippen molar-refractivity contribution in [3.63, 3.8) is 0 Å². The minimum Gasteiger partial charge on any atom is -0.337 e. The molecule has 0 unspecified atom stereocenters. The Hall–Kier alpha value is -1.87. The van der Waals surface area contributed by atoms with Gasteiger partial charge in [-0.05, 0) is 25.8 Å². The molecule has 0 aliphatic heterocycles. The Kier molecular flexibility index (Phi) is 5.34. The number of aromatic nitrogens is 2. The first-order valence-electron chi connectivity index (χ1n) is 7.57. The third-order valence-corrected chi connectivity index (χ3v) is 3.93. The zero-order valence-corrected chi connectivity index (χ0v) is 12.5. The molecule has 1 fully saturated rings. The molecule has 1 aliphatic rings. The molecule has 1 saturated carbocycles. The van der Waals surface area contributed by atoms with Crippen LogP contribution >= 0.6 is 0 Å². The van der Waals surface area contributed by atoms with Crippen LogP contribution in [-0.4, -0.2) is 33.8 Å². The maximum absolute atomic E-state index is 12.0. The van der Waals surface area contributed by atoms with Crippen LogP contribution < -0.4 is 10.6 Å². The van der Waals surface area contributed by atoms with Crippen molar-refractivity contribution in [3.05, 3.63) is 18.5 Å². The van der Waals surface area contributed by atoms with E-state index in [4.69, 9.17) is 0 Å². The first kappa shape index (κ1) is 15.5. The molecule has 1 heterocycles. The molecule has 0 saturated heterocycles. The second-order valence-corrected chi connectivity index (χ2v) is 5.81. The summed E-state index contributed by atoms with van der Waals surface area (Å²) < 4.78 is 1.83. The van der Waals surface area contributed by atoms with Gasteiger partial charge in [-0.25, -0.2) is 0 Å². The maximum atomic E-state index is 12.0. The van der Waals surface area contributed by atoms with E-state index in [-0.39, 0.29) is 18.5 Å². The molecule has 2 N–H and O–H groups in total. The van der Waals surface area contributed by atoms with Gasteiger partial charge in [0.2, 0.25) is 5.91 Å². The fourth-order valence-corrected chi connectivity index (χ4v) is 2.75. The van der Waals surface area contributed by atoms with Crippen LogP contribution in [0.4, 0.5) is 0 Å². The highest BCUT2D eigenvalue weighted by atomic mass is 16.2. The first-order valence-corrected chi connectivity index (χ1v) is 7.57. The van der Waals surface area contributed by atoms with Crippen molar-refractivity contribution in [1.29, 1.82) is 5.26 Å². The summed E-state index contributed by atoms with van der Waals surface area (Å²) in [5, 5.41) is 19.6. The van der Waals surface area contributed by atoms with Gasteiger partial charge in [0.25, 0.3) is 0 Å². The Morgan fingerprint density at radius 2 is 2.24 bits per heavy atom. The molecule has 0 radical (unpaired) electrons. The largest absolute Gasteiger partial charge is 0.337 e. The molecular formula is C15H23N5O. The number of carbonyl (C=O) groups excluding carboxylic acids is 1. The highest BCUT2D eigenvalue weighted by molar-refractivity contribution is 5.79. The summed E-state index contributed by atoms with van der Waals surface area (Å²) in [6, 6.07) is 4.31. The molecular weight excluding hydrogens is 266 g/mol. The summed E-state index contributed by atoms with van der Waals surface area (Å²) in [7, 11) is 0. The molecule has 1 aliphatic carbocycles. The lowest BCUT2D eigenvalue weighted by atomic mass is 9.83. The standard InChI is InChI=1S/C15H23N5O/c1-13(11-20-9-5-8-18-20)17-10-14(21)19-15(12-16)6-3-2-4-7-15/h5,8-9,13,17H,2-4,6-7,10-11H2,1H3,(H,19,21)/t13-/m0/s1. The van der Waals surface area contributed by atoms with Gasteiger partial charge < -0.3 is 10.6 Å². The van der Waals surface area contributed by atoms with Crippen LogP contribution in [0.2, 0.25) is 0 Å². The van der Waals surface area contributed by atoms with Gasteiger partial charge >= 0.3 is 0 Å². The Balaban J connectivity index is 1.75. The van der Waals surface area contributed by atoms with Crippen LogP contribution in [0.3, 0.4) is 0 Å². The Morgan fingerprint density at radius 3 is 2.86 bits per heavy atom. The zero-order valence-electron chi connectivity index (χ0n) is 12.5. The monoisotopic (exact) mass is 289 g/mol.